The standard InChI is InChI=1S/C17H22N4O3/c1-2-23-16(22)12-24-15-5-4-13-14(20-15)6-8-19-17(13)21-10-3-7-18-9-11-21/h4-6,8,18H,2-3,7,9-12H2,1H3. The van der Waals surface area contributed by atoms with Crippen LogP contribution in [0.1, 0.15) is 13.3 Å². The number of anilines is 1. The molecular formula is C17H22N4O3. The van der Waals surface area contributed by atoms with Crippen molar-refractivity contribution in [3.63, 3.8) is 0 Å². The zero-order valence-corrected chi connectivity index (χ0v) is 13.8. The summed E-state index contributed by atoms with van der Waals surface area (Å²) in [7, 11) is 0. The first kappa shape index (κ1) is 16.4. The topological polar surface area (TPSA) is 76.6 Å². The zero-order valence-electron chi connectivity index (χ0n) is 13.8. The van der Waals surface area contributed by atoms with Gasteiger partial charge in [-0.3, -0.25) is 0 Å². The maximum absolute atomic E-state index is 11.4. The van der Waals surface area contributed by atoms with Crippen molar-refractivity contribution in [3.8, 4) is 5.88 Å². The third-order valence-electron chi connectivity index (χ3n) is 3.85. The molecule has 1 aliphatic heterocycles. The molecule has 3 heterocycles. The molecule has 2 aromatic rings. The molecule has 0 spiro atoms. The minimum absolute atomic E-state index is 0.137. The van der Waals surface area contributed by atoms with Gasteiger partial charge in [-0.2, -0.15) is 0 Å². The molecule has 1 fully saturated rings. The van der Waals surface area contributed by atoms with Crippen LogP contribution in [0.2, 0.25) is 0 Å². The Bertz CT molecular complexity index is 699. The fraction of sp³-hybridized carbons (Fsp3) is 0.471. The van der Waals surface area contributed by atoms with Crippen LogP contribution in [-0.4, -0.2) is 55.3 Å². The van der Waals surface area contributed by atoms with Crippen LogP contribution in [0.5, 0.6) is 5.88 Å². The predicted octanol–water partition coefficient (Wildman–Crippen LogP) is 1.37. The number of rotatable bonds is 5. The van der Waals surface area contributed by atoms with Gasteiger partial charge in [-0.05, 0) is 32.0 Å². The lowest BCUT2D eigenvalue weighted by molar-refractivity contribution is -0.145. The summed E-state index contributed by atoms with van der Waals surface area (Å²) in [4.78, 5) is 22.7. The molecule has 0 unspecified atom stereocenters. The lowest BCUT2D eigenvalue weighted by Gasteiger charge is -2.22. The van der Waals surface area contributed by atoms with Gasteiger partial charge in [-0.15, -0.1) is 0 Å². The van der Waals surface area contributed by atoms with Gasteiger partial charge in [0.05, 0.1) is 12.1 Å². The van der Waals surface area contributed by atoms with E-state index in [1.165, 1.54) is 0 Å². The second-order valence-electron chi connectivity index (χ2n) is 5.54. The molecule has 0 bridgehead atoms. The summed E-state index contributed by atoms with van der Waals surface area (Å²) in [6, 6.07) is 5.57. The van der Waals surface area contributed by atoms with Gasteiger partial charge in [-0.25, -0.2) is 14.8 Å². The Kier molecular flexibility index (Phi) is 5.43. The number of ether oxygens (including phenoxy) is 2. The molecule has 0 radical (unpaired) electrons. The third kappa shape index (κ3) is 3.91. The van der Waals surface area contributed by atoms with Gasteiger partial charge in [0.2, 0.25) is 5.88 Å². The third-order valence-corrected chi connectivity index (χ3v) is 3.85. The molecule has 24 heavy (non-hydrogen) atoms. The van der Waals surface area contributed by atoms with Crippen molar-refractivity contribution in [1.29, 1.82) is 0 Å². The molecule has 7 heteroatoms. The van der Waals surface area contributed by atoms with Crippen molar-refractivity contribution in [2.75, 3.05) is 44.3 Å². The largest absolute Gasteiger partial charge is 0.466 e. The van der Waals surface area contributed by atoms with Crippen molar-refractivity contribution in [3.05, 3.63) is 24.4 Å². The normalized spacial score (nSPS) is 15.1. The average Bonchev–Trinajstić information content (AvgIpc) is 2.89. The number of nitrogens with zero attached hydrogens (tertiary/aromatic N) is 3. The van der Waals surface area contributed by atoms with Crippen LogP contribution in [-0.2, 0) is 9.53 Å². The number of carbonyl (C=O) groups excluding carboxylic acids is 1. The van der Waals surface area contributed by atoms with E-state index in [1.807, 2.05) is 12.1 Å². The molecule has 0 saturated carbocycles. The highest BCUT2D eigenvalue weighted by molar-refractivity contribution is 5.89. The second kappa shape index (κ2) is 7.92. The van der Waals surface area contributed by atoms with Crippen molar-refractivity contribution < 1.29 is 14.3 Å². The van der Waals surface area contributed by atoms with Gasteiger partial charge >= 0.3 is 5.97 Å². The maximum Gasteiger partial charge on any atom is 0.344 e. The molecule has 0 atom stereocenters. The van der Waals surface area contributed by atoms with Crippen LogP contribution in [0, 0.1) is 0 Å². The molecule has 128 valence electrons. The minimum Gasteiger partial charge on any atom is -0.466 e. The first-order valence-corrected chi connectivity index (χ1v) is 8.28. The first-order valence-electron chi connectivity index (χ1n) is 8.28. The summed E-state index contributed by atoms with van der Waals surface area (Å²) in [6.45, 7) is 5.85. The van der Waals surface area contributed by atoms with Gasteiger partial charge in [0, 0.05) is 37.3 Å². The van der Waals surface area contributed by atoms with Gasteiger partial charge in [0.15, 0.2) is 6.61 Å². The van der Waals surface area contributed by atoms with E-state index in [4.69, 9.17) is 9.47 Å². The van der Waals surface area contributed by atoms with E-state index in [-0.39, 0.29) is 6.61 Å². The van der Waals surface area contributed by atoms with Gasteiger partial charge < -0.3 is 19.7 Å². The van der Waals surface area contributed by atoms with E-state index in [0.717, 1.165) is 49.3 Å². The van der Waals surface area contributed by atoms with Crippen LogP contribution < -0.4 is 15.0 Å². The maximum atomic E-state index is 11.4. The number of aromatic nitrogens is 2. The predicted molar refractivity (Wildman–Crippen MR) is 91.4 cm³/mol. The summed E-state index contributed by atoms with van der Waals surface area (Å²) in [5.74, 6) is 0.956. The summed E-state index contributed by atoms with van der Waals surface area (Å²) < 4.78 is 10.3. The molecule has 0 amide bonds. The number of fused-ring (bicyclic) bond motifs is 1. The van der Waals surface area contributed by atoms with Gasteiger partial charge in [-0.1, -0.05) is 0 Å². The molecule has 3 rings (SSSR count). The van der Waals surface area contributed by atoms with Crippen LogP contribution in [0.15, 0.2) is 24.4 Å². The molecule has 1 saturated heterocycles. The number of esters is 1. The highest BCUT2D eigenvalue weighted by Gasteiger charge is 2.14. The Morgan fingerprint density at radius 3 is 3.08 bits per heavy atom. The first-order chi connectivity index (χ1) is 11.8. The van der Waals surface area contributed by atoms with E-state index in [2.05, 4.69) is 20.2 Å². The Morgan fingerprint density at radius 2 is 2.21 bits per heavy atom. The quantitative estimate of drug-likeness (QED) is 0.830. The minimum atomic E-state index is -0.396. The highest BCUT2D eigenvalue weighted by Crippen LogP contribution is 2.25. The number of hydrogen-bond donors (Lipinski definition) is 1. The zero-order chi connectivity index (χ0) is 16.8. The lowest BCUT2D eigenvalue weighted by atomic mass is 10.2. The van der Waals surface area contributed by atoms with E-state index in [0.29, 0.717) is 12.5 Å². The summed E-state index contributed by atoms with van der Waals surface area (Å²) in [5, 5.41) is 4.38. The highest BCUT2D eigenvalue weighted by atomic mass is 16.6. The van der Waals surface area contributed by atoms with Crippen molar-refractivity contribution in [2.24, 2.45) is 0 Å². The van der Waals surface area contributed by atoms with Crippen molar-refractivity contribution >= 4 is 22.7 Å². The van der Waals surface area contributed by atoms with Crippen LogP contribution >= 0.6 is 0 Å². The van der Waals surface area contributed by atoms with E-state index in [9.17, 15) is 4.79 Å². The SMILES string of the molecule is CCOC(=O)COc1ccc2c(N3CCCNCC3)nccc2n1. The summed E-state index contributed by atoms with van der Waals surface area (Å²) >= 11 is 0. The Labute approximate surface area is 141 Å². The number of carbonyl (C=O) groups is 1. The molecule has 1 aliphatic rings. The Balaban J connectivity index is 1.79. The van der Waals surface area contributed by atoms with Crippen molar-refractivity contribution in [1.82, 2.24) is 15.3 Å². The molecular weight excluding hydrogens is 308 g/mol. The second-order valence-corrected chi connectivity index (χ2v) is 5.54. The molecule has 0 aliphatic carbocycles. The van der Waals surface area contributed by atoms with E-state index in [1.54, 1.807) is 19.2 Å². The Hall–Kier alpha value is -2.41. The molecule has 7 nitrogen and oxygen atoms in total. The summed E-state index contributed by atoms with van der Waals surface area (Å²) in [6.07, 6.45) is 2.85. The van der Waals surface area contributed by atoms with E-state index < -0.39 is 5.97 Å². The molecule has 1 N–H and O–H groups in total. The molecule has 0 aromatic carbocycles. The van der Waals surface area contributed by atoms with Crippen LogP contribution in [0.3, 0.4) is 0 Å². The smallest absolute Gasteiger partial charge is 0.344 e. The number of nitrogens with one attached hydrogen (secondary N) is 1. The van der Waals surface area contributed by atoms with Gasteiger partial charge in [0.1, 0.15) is 5.82 Å². The fourth-order valence-corrected chi connectivity index (χ4v) is 2.75. The fourth-order valence-electron chi connectivity index (χ4n) is 2.75. The summed E-state index contributed by atoms with van der Waals surface area (Å²) in [5.41, 5.74) is 0.804. The van der Waals surface area contributed by atoms with Gasteiger partial charge in [0.25, 0.3) is 0 Å². The van der Waals surface area contributed by atoms with E-state index >= 15 is 0 Å². The van der Waals surface area contributed by atoms with Crippen LogP contribution in [0.25, 0.3) is 10.9 Å². The lowest BCUT2D eigenvalue weighted by Crippen LogP contribution is -2.28. The Morgan fingerprint density at radius 1 is 1.29 bits per heavy atom. The monoisotopic (exact) mass is 330 g/mol. The van der Waals surface area contributed by atoms with Crippen LogP contribution in [0.4, 0.5) is 5.82 Å². The number of hydrogen-bond acceptors (Lipinski definition) is 7. The van der Waals surface area contributed by atoms with Crippen molar-refractivity contribution in [2.45, 2.75) is 13.3 Å². The molecule has 2 aromatic heterocycles. The average molecular weight is 330 g/mol. The number of pyridine rings is 2.